The second kappa shape index (κ2) is 4.19. The van der Waals surface area contributed by atoms with Crippen molar-refractivity contribution in [3.63, 3.8) is 0 Å². The molecule has 0 aliphatic carbocycles. The summed E-state index contributed by atoms with van der Waals surface area (Å²) >= 11 is 0. The van der Waals surface area contributed by atoms with Gasteiger partial charge in [-0.3, -0.25) is 0 Å². The van der Waals surface area contributed by atoms with Crippen molar-refractivity contribution >= 4 is 7.28 Å². The van der Waals surface area contributed by atoms with Crippen LogP contribution in [0.15, 0.2) is 0 Å². The first-order valence-electron chi connectivity index (χ1n) is 2.77. The highest BCUT2D eigenvalue weighted by Crippen LogP contribution is 1.89. The highest BCUT2D eigenvalue weighted by atomic mass is 16.3. The summed E-state index contributed by atoms with van der Waals surface area (Å²) in [5.41, 5.74) is 0. The molecule has 0 aromatic heterocycles. The predicted octanol–water partition coefficient (Wildman–Crippen LogP) is 0.928. The Balaban J connectivity index is 2.68. The summed E-state index contributed by atoms with van der Waals surface area (Å²) in [5.74, 6) is 0. The van der Waals surface area contributed by atoms with Gasteiger partial charge in [0.05, 0.1) is 0 Å². The summed E-state index contributed by atoms with van der Waals surface area (Å²) in [5, 5.41) is 8.65. The first kappa shape index (κ1) is 7.02. The van der Waals surface area contributed by atoms with Crippen molar-refractivity contribution in [1.29, 1.82) is 0 Å². The third-order valence-electron chi connectivity index (χ3n) is 0.796. The van der Waals surface area contributed by atoms with Gasteiger partial charge in [-0.25, -0.2) is 0 Å². The lowest BCUT2D eigenvalue weighted by atomic mass is 9.70. The standard InChI is InChI=1S/C5H12BO/c1-3-6-4-5(2)7/h5,7H,3-4H2,1-2H3. The Labute approximate surface area is 46.0 Å². The van der Waals surface area contributed by atoms with E-state index in [1.54, 1.807) is 6.92 Å². The van der Waals surface area contributed by atoms with Gasteiger partial charge >= 0.3 is 0 Å². The van der Waals surface area contributed by atoms with Gasteiger partial charge in [-0.2, -0.15) is 0 Å². The number of hydrogen-bond acceptors (Lipinski definition) is 1. The third kappa shape index (κ3) is 6.02. The van der Waals surface area contributed by atoms with Crippen LogP contribution in [0.1, 0.15) is 13.8 Å². The second-order valence-electron chi connectivity index (χ2n) is 1.78. The van der Waals surface area contributed by atoms with Gasteiger partial charge in [-0.15, -0.1) is 0 Å². The second-order valence-corrected chi connectivity index (χ2v) is 1.78. The van der Waals surface area contributed by atoms with Crippen molar-refractivity contribution in [2.45, 2.75) is 32.6 Å². The summed E-state index contributed by atoms with van der Waals surface area (Å²) < 4.78 is 0. The van der Waals surface area contributed by atoms with Crippen LogP contribution >= 0.6 is 0 Å². The number of aliphatic hydroxyl groups is 1. The average Bonchev–Trinajstić information content (AvgIpc) is 1.61. The van der Waals surface area contributed by atoms with E-state index in [0.717, 1.165) is 12.6 Å². The molecule has 0 heterocycles. The van der Waals surface area contributed by atoms with Crippen molar-refractivity contribution in [3.05, 3.63) is 0 Å². The van der Waals surface area contributed by atoms with Crippen LogP contribution in [0.3, 0.4) is 0 Å². The van der Waals surface area contributed by atoms with Gasteiger partial charge in [-0.1, -0.05) is 19.6 Å². The maximum absolute atomic E-state index is 8.65. The molecule has 0 saturated carbocycles. The Morgan fingerprint density at radius 3 is 2.43 bits per heavy atom. The molecule has 0 amide bonds. The van der Waals surface area contributed by atoms with Crippen LogP contribution in [0.5, 0.6) is 0 Å². The lowest BCUT2D eigenvalue weighted by molar-refractivity contribution is 0.215. The molecule has 0 aromatic rings. The molecule has 0 fully saturated rings. The van der Waals surface area contributed by atoms with E-state index in [-0.39, 0.29) is 6.10 Å². The first-order valence-corrected chi connectivity index (χ1v) is 2.77. The number of rotatable bonds is 3. The summed E-state index contributed by atoms with van der Waals surface area (Å²) in [6, 6.07) is 0. The molecule has 0 rings (SSSR count). The topological polar surface area (TPSA) is 20.2 Å². The van der Waals surface area contributed by atoms with Gasteiger partial charge in [0.1, 0.15) is 7.28 Å². The van der Waals surface area contributed by atoms with Crippen LogP contribution in [0.2, 0.25) is 12.6 Å². The van der Waals surface area contributed by atoms with Gasteiger partial charge < -0.3 is 5.11 Å². The van der Waals surface area contributed by atoms with Crippen LogP contribution in [-0.4, -0.2) is 18.5 Å². The molecule has 7 heavy (non-hydrogen) atoms. The fourth-order valence-corrected chi connectivity index (χ4v) is 0.408. The summed E-state index contributed by atoms with van der Waals surface area (Å²) in [6.07, 6.45) is 1.74. The Morgan fingerprint density at radius 2 is 2.29 bits per heavy atom. The largest absolute Gasteiger partial charge is 0.394 e. The van der Waals surface area contributed by atoms with Gasteiger partial charge in [0.25, 0.3) is 0 Å². The monoisotopic (exact) mass is 99.1 g/mol. The maximum atomic E-state index is 8.65. The molecule has 2 heteroatoms. The molecule has 1 N–H and O–H groups in total. The quantitative estimate of drug-likeness (QED) is 0.521. The minimum absolute atomic E-state index is 0.153. The van der Waals surface area contributed by atoms with Crippen molar-refractivity contribution < 1.29 is 5.11 Å². The first-order chi connectivity index (χ1) is 3.27. The minimum atomic E-state index is -0.153. The Morgan fingerprint density at radius 1 is 1.71 bits per heavy atom. The highest BCUT2D eigenvalue weighted by Gasteiger charge is 1.92. The van der Waals surface area contributed by atoms with Crippen molar-refractivity contribution in [1.82, 2.24) is 0 Å². The van der Waals surface area contributed by atoms with Crippen molar-refractivity contribution in [2.24, 2.45) is 0 Å². The zero-order chi connectivity index (χ0) is 5.70. The lowest BCUT2D eigenvalue weighted by Gasteiger charge is -1.97. The molecule has 41 valence electrons. The van der Waals surface area contributed by atoms with Crippen molar-refractivity contribution in [3.8, 4) is 0 Å². The van der Waals surface area contributed by atoms with E-state index < -0.39 is 0 Å². The highest BCUT2D eigenvalue weighted by molar-refractivity contribution is 6.35. The van der Waals surface area contributed by atoms with Crippen LogP contribution in [-0.2, 0) is 0 Å². The van der Waals surface area contributed by atoms with Gasteiger partial charge in [-0.05, 0) is 6.92 Å². The fraction of sp³-hybridized carbons (Fsp3) is 1.00. The molecule has 0 aliphatic heterocycles. The average molecular weight is 99.0 g/mol. The normalized spacial score (nSPS) is 13.6. The molecule has 1 atom stereocenters. The van der Waals surface area contributed by atoms with E-state index in [9.17, 15) is 0 Å². The Bertz CT molecular complexity index is 37.1. The van der Waals surface area contributed by atoms with Crippen LogP contribution in [0.25, 0.3) is 0 Å². The molecular weight excluding hydrogens is 86.9 g/mol. The summed E-state index contributed by atoms with van der Waals surface area (Å²) in [7, 11) is 2.07. The zero-order valence-corrected chi connectivity index (χ0v) is 5.02. The molecule has 0 aliphatic rings. The molecule has 0 bridgehead atoms. The molecule has 0 saturated heterocycles. The molecule has 1 radical (unpaired) electrons. The lowest BCUT2D eigenvalue weighted by Crippen LogP contribution is -2.02. The number of hydrogen-bond donors (Lipinski definition) is 1. The van der Waals surface area contributed by atoms with E-state index in [2.05, 4.69) is 14.2 Å². The Kier molecular flexibility index (Phi) is 4.21. The van der Waals surface area contributed by atoms with Gasteiger partial charge in [0.2, 0.25) is 0 Å². The van der Waals surface area contributed by atoms with Crippen LogP contribution < -0.4 is 0 Å². The van der Waals surface area contributed by atoms with Crippen molar-refractivity contribution in [2.75, 3.05) is 0 Å². The Hall–Kier alpha value is 0.0249. The third-order valence-corrected chi connectivity index (χ3v) is 0.796. The zero-order valence-electron chi connectivity index (χ0n) is 5.02. The van der Waals surface area contributed by atoms with E-state index in [4.69, 9.17) is 5.11 Å². The summed E-state index contributed by atoms with van der Waals surface area (Å²) in [6.45, 7) is 3.87. The van der Waals surface area contributed by atoms with Crippen LogP contribution in [0.4, 0.5) is 0 Å². The molecule has 0 aromatic carbocycles. The van der Waals surface area contributed by atoms with E-state index >= 15 is 0 Å². The molecular formula is C5H12BO. The van der Waals surface area contributed by atoms with E-state index in [0.29, 0.717) is 0 Å². The molecule has 1 nitrogen and oxygen atoms in total. The summed E-state index contributed by atoms with van der Waals surface area (Å²) in [4.78, 5) is 0. The predicted molar refractivity (Wildman–Crippen MR) is 32.7 cm³/mol. The molecule has 1 unspecified atom stereocenters. The van der Waals surface area contributed by atoms with Gasteiger partial charge in [0, 0.05) is 6.10 Å². The van der Waals surface area contributed by atoms with Crippen LogP contribution in [0, 0.1) is 0 Å². The van der Waals surface area contributed by atoms with Gasteiger partial charge in [0.15, 0.2) is 0 Å². The maximum Gasteiger partial charge on any atom is 0.112 e. The van der Waals surface area contributed by atoms with E-state index in [1.807, 2.05) is 0 Å². The SMILES string of the molecule is CC[B]CC(C)O. The molecule has 0 spiro atoms. The van der Waals surface area contributed by atoms with E-state index in [1.165, 1.54) is 0 Å². The minimum Gasteiger partial charge on any atom is -0.394 e. The number of aliphatic hydroxyl groups excluding tert-OH is 1. The smallest absolute Gasteiger partial charge is 0.112 e. The fourth-order valence-electron chi connectivity index (χ4n) is 0.408.